The summed E-state index contributed by atoms with van der Waals surface area (Å²) in [5, 5.41) is 3.23. The highest BCUT2D eigenvalue weighted by Crippen LogP contribution is 2.36. The third-order valence-corrected chi connectivity index (χ3v) is 12.8. The molecule has 0 unspecified atom stereocenters. The molecule has 7 heteroatoms. The third kappa shape index (κ3) is 5.89. The van der Waals surface area contributed by atoms with E-state index in [1.54, 1.807) is 13.8 Å². The summed E-state index contributed by atoms with van der Waals surface area (Å²) in [6.07, 6.45) is 0. The molecular formula is C40H35NO5Si. The Bertz CT molecular complexity index is 1850. The molecule has 6 aromatic rings. The fourth-order valence-electron chi connectivity index (χ4n) is 6.14. The molecule has 234 valence electrons. The summed E-state index contributed by atoms with van der Waals surface area (Å²) < 4.78 is 18.2. The van der Waals surface area contributed by atoms with Gasteiger partial charge in [-0.15, -0.1) is 0 Å². The van der Waals surface area contributed by atoms with E-state index in [0.717, 1.165) is 26.9 Å². The van der Waals surface area contributed by atoms with E-state index >= 15 is 4.79 Å². The maximum Gasteiger partial charge on any atom is 0.349 e. The molecule has 0 amide bonds. The van der Waals surface area contributed by atoms with Crippen molar-refractivity contribution in [2.24, 2.45) is 0 Å². The van der Waals surface area contributed by atoms with Gasteiger partial charge >= 0.3 is 11.9 Å². The van der Waals surface area contributed by atoms with Gasteiger partial charge in [-0.05, 0) is 53.7 Å². The van der Waals surface area contributed by atoms with E-state index in [4.69, 9.17) is 13.9 Å². The molecule has 6 rings (SSSR count). The number of nitrogens with zero attached hydrogens (tertiary/aromatic N) is 1. The van der Waals surface area contributed by atoms with Crippen LogP contribution < -0.4 is 35.8 Å². The largest absolute Gasteiger partial charge is 0.465 e. The van der Waals surface area contributed by atoms with Crippen molar-refractivity contribution in [2.75, 3.05) is 18.1 Å². The van der Waals surface area contributed by atoms with Crippen LogP contribution in [0.15, 0.2) is 161 Å². The number of anilines is 3. The standard InChI is InChI=1S/C40H35NO5Si/c1-3-44-39(43)35-36(42)37(38(46-40(35)45-4-2)41(30-20-10-5-11-21-30)31-22-12-6-13-23-31)47(32-24-14-7-15-25-32,33-26-16-8-17-27-33)34-28-18-9-19-29-34/h5-29H,3-4H2,1-2H3. The predicted molar refractivity (Wildman–Crippen MR) is 190 cm³/mol. The van der Waals surface area contributed by atoms with Gasteiger partial charge in [-0.25, -0.2) is 4.79 Å². The van der Waals surface area contributed by atoms with E-state index in [9.17, 15) is 4.79 Å². The lowest BCUT2D eigenvalue weighted by Crippen LogP contribution is -2.78. The SMILES string of the molecule is CCOC(=O)c1c(OCC)oc(N(c2ccccc2)c2ccccc2)c([Si](c2ccccc2)(c2ccccc2)c2ccccc2)c1=O. The van der Waals surface area contributed by atoms with Gasteiger partial charge in [0.1, 0.15) is 0 Å². The first-order chi connectivity index (χ1) is 23.1. The molecule has 47 heavy (non-hydrogen) atoms. The lowest BCUT2D eigenvalue weighted by molar-refractivity contribution is 0.0514. The fraction of sp³-hybridized carbons (Fsp3) is 0.100. The molecule has 0 atom stereocenters. The second-order valence-corrected chi connectivity index (χ2v) is 14.5. The highest BCUT2D eigenvalue weighted by atomic mass is 28.3. The summed E-state index contributed by atoms with van der Waals surface area (Å²) in [6.45, 7) is 3.74. The number of para-hydroxylation sites is 2. The Morgan fingerprint density at radius 3 is 1.40 bits per heavy atom. The fourth-order valence-corrected chi connectivity index (χ4v) is 11.0. The lowest BCUT2D eigenvalue weighted by Gasteiger charge is -2.37. The minimum atomic E-state index is -3.57. The molecule has 0 bridgehead atoms. The first-order valence-corrected chi connectivity index (χ1v) is 17.7. The van der Waals surface area contributed by atoms with Crippen LogP contribution in [0, 0.1) is 0 Å². The predicted octanol–water partition coefficient (Wildman–Crippen LogP) is 6.06. The van der Waals surface area contributed by atoms with Crippen molar-refractivity contribution in [1.82, 2.24) is 0 Å². The van der Waals surface area contributed by atoms with Crippen LogP contribution in [0.4, 0.5) is 17.3 Å². The van der Waals surface area contributed by atoms with Crippen LogP contribution >= 0.6 is 0 Å². The highest BCUT2D eigenvalue weighted by molar-refractivity contribution is 7.20. The van der Waals surface area contributed by atoms with Crippen molar-refractivity contribution in [1.29, 1.82) is 0 Å². The Labute approximate surface area is 275 Å². The van der Waals surface area contributed by atoms with Crippen LogP contribution in [0.5, 0.6) is 5.95 Å². The number of benzene rings is 5. The molecule has 0 aliphatic rings. The Balaban J connectivity index is 1.88. The van der Waals surface area contributed by atoms with E-state index in [1.165, 1.54) is 0 Å². The van der Waals surface area contributed by atoms with Gasteiger partial charge in [0.2, 0.25) is 11.3 Å². The molecule has 0 aliphatic carbocycles. The second-order valence-electron chi connectivity index (χ2n) is 10.8. The van der Waals surface area contributed by atoms with Crippen LogP contribution in [0.3, 0.4) is 0 Å². The first-order valence-electron chi connectivity index (χ1n) is 15.7. The van der Waals surface area contributed by atoms with Gasteiger partial charge in [0.15, 0.2) is 13.6 Å². The highest BCUT2D eigenvalue weighted by Gasteiger charge is 2.49. The molecule has 1 aromatic heterocycles. The summed E-state index contributed by atoms with van der Waals surface area (Å²) in [6, 6.07) is 49.7. The van der Waals surface area contributed by atoms with Crippen LogP contribution in [-0.4, -0.2) is 27.3 Å². The summed E-state index contributed by atoms with van der Waals surface area (Å²) in [7, 11) is -3.57. The molecule has 1 heterocycles. The number of rotatable bonds is 11. The Hall–Kier alpha value is -5.66. The van der Waals surface area contributed by atoms with Gasteiger partial charge < -0.3 is 13.9 Å². The molecule has 6 nitrogen and oxygen atoms in total. The van der Waals surface area contributed by atoms with Gasteiger partial charge in [0, 0.05) is 11.4 Å². The van der Waals surface area contributed by atoms with Crippen molar-refractivity contribution in [2.45, 2.75) is 13.8 Å². The molecule has 0 radical (unpaired) electrons. The number of carbonyl (C=O) groups is 1. The zero-order chi connectivity index (χ0) is 32.6. The van der Waals surface area contributed by atoms with E-state index in [0.29, 0.717) is 5.19 Å². The zero-order valence-corrected chi connectivity index (χ0v) is 27.3. The molecule has 0 aliphatic heterocycles. The normalized spacial score (nSPS) is 11.1. The summed E-state index contributed by atoms with van der Waals surface area (Å²) in [5.41, 5.74) is 0.791. The van der Waals surface area contributed by atoms with E-state index < -0.39 is 19.5 Å². The Morgan fingerprint density at radius 2 is 1.02 bits per heavy atom. The third-order valence-electron chi connectivity index (χ3n) is 8.04. The molecule has 0 saturated heterocycles. The Morgan fingerprint density at radius 1 is 0.617 bits per heavy atom. The average Bonchev–Trinajstić information content (AvgIpc) is 3.12. The van der Waals surface area contributed by atoms with Crippen molar-refractivity contribution in [3.8, 4) is 5.95 Å². The van der Waals surface area contributed by atoms with Crippen LogP contribution in [0.2, 0.25) is 0 Å². The number of hydrogen-bond donors (Lipinski definition) is 0. The molecule has 0 N–H and O–H groups in total. The smallest absolute Gasteiger partial charge is 0.349 e. The van der Waals surface area contributed by atoms with Gasteiger partial charge in [0.25, 0.3) is 0 Å². The van der Waals surface area contributed by atoms with E-state index in [2.05, 4.69) is 36.4 Å². The van der Waals surface area contributed by atoms with Crippen molar-refractivity contribution < 1.29 is 18.7 Å². The molecule has 5 aromatic carbocycles. The Kier molecular flexibility index (Phi) is 9.45. The van der Waals surface area contributed by atoms with Crippen LogP contribution in [0.1, 0.15) is 24.2 Å². The van der Waals surface area contributed by atoms with E-state index in [1.807, 2.05) is 120 Å². The minimum Gasteiger partial charge on any atom is -0.465 e. The van der Waals surface area contributed by atoms with Gasteiger partial charge in [-0.3, -0.25) is 9.69 Å². The zero-order valence-electron chi connectivity index (χ0n) is 26.3. The molecule has 0 fully saturated rings. The number of carbonyl (C=O) groups excluding carboxylic acids is 1. The topological polar surface area (TPSA) is 69.0 Å². The summed E-state index contributed by atoms with van der Waals surface area (Å²) in [4.78, 5) is 31.1. The molecular weight excluding hydrogens is 603 g/mol. The lowest BCUT2D eigenvalue weighted by atomic mass is 10.2. The monoisotopic (exact) mass is 637 g/mol. The van der Waals surface area contributed by atoms with Gasteiger partial charge in [-0.1, -0.05) is 127 Å². The first kappa shape index (κ1) is 31.3. The van der Waals surface area contributed by atoms with Crippen molar-refractivity contribution in [3.63, 3.8) is 0 Å². The van der Waals surface area contributed by atoms with Gasteiger partial charge in [-0.2, -0.15) is 0 Å². The van der Waals surface area contributed by atoms with Crippen molar-refractivity contribution >= 4 is 52.0 Å². The second kappa shape index (κ2) is 14.2. The molecule has 0 saturated carbocycles. The average molecular weight is 638 g/mol. The maximum absolute atomic E-state index is 15.5. The minimum absolute atomic E-state index is 0.0830. The maximum atomic E-state index is 15.5. The quantitative estimate of drug-likeness (QED) is 0.0978. The van der Waals surface area contributed by atoms with Gasteiger partial charge in [0.05, 0.1) is 18.4 Å². The van der Waals surface area contributed by atoms with E-state index in [-0.39, 0.29) is 30.6 Å². The number of hydrogen-bond acceptors (Lipinski definition) is 6. The van der Waals surface area contributed by atoms with Crippen molar-refractivity contribution in [3.05, 3.63) is 167 Å². The molecule has 0 spiro atoms. The number of esters is 1. The number of ether oxygens (including phenoxy) is 2. The summed E-state index contributed by atoms with van der Waals surface area (Å²) in [5.74, 6) is -0.698. The van der Waals surface area contributed by atoms with Crippen LogP contribution in [0.25, 0.3) is 0 Å². The van der Waals surface area contributed by atoms with Crippen LogP contribution in [-0.2, 0) is 4.74 Å². The summed E-state index contributed by atoms with van der Waals surface area (Å²) >= 11 is 0.